The summed E-state index contributed by atoms with van der Waals surface area (Å²) in [5.41, 5.74) is 1.09. The summed E-state index contributed by atoms with van der Waals surface area (Å²) < 4.78 is 0. The molecule has 3 nitrogen and oxygen atoms in total. The minimum Gasteiger partial charge on any atom is -0.389 e. The first-order chi connectivity index (χ1) is 11.2. The van der Waals surface area contributed by atoms with Crippen molar-refractivity contribution in [1.29, 1.82) is 0 Å². The lowest BCUT2D eigenvalue weighted by Gasteiger charge is -2.33. The molecule has 128 valence electrons. The predicted octanol–water partition coefficient (Wildman–Crippen LogP) is 3.14. The molecule has 0 atom stereocenters. The van der Waals surface area contributed by atoms with Gasteiger partial charge in [-0.1, -0.05) is 37.3 Å². The highest BCUT2D eigenvalue weighted by Crippen LogP contribution is 2.35. The Bertz CT molecular complexity index is 464. The summed E-state index contributed by atoms with van der Waals surface area (Å²) in [7, 11) is 0. The maximum Gasteiger partial charge on any atom is 0.0776 e. The fourth-order valence-electron chi connectivity index (χ4n) is 3.71. The molecule has 0 bridgehead atoms. The first kappa shape index (κ1) is 16.9. The van der Waals surface area contributed by atoms with E-state index in [0.29, 0.717) is 0 Å². The molecule has 2 aliphatic rings. The van der Waals surface area contributed by atoms with E-state index < -0.39 is 0 Å². The van der Waals surface area contributed by atoms with Crippen molar-refractivity contribution in [3.8, 4) is 0 Å². The average Bonchev–Trinajstić information content (AvgIpc) is 3.31. The number of aliphatic hydroxyl groups is 1. The molecule has 1 aliphatic carbocycles. The lowest BCUT2D eigenvalue weighted by atomic mass is 9.93. The fraction of sp³-hybridized carbons (Fsp3) is 0.700. The summed E-state index contributed by atoms with van der Waals surface area (Å²) in [6.45, 7) is 8.88. The van der Waals surface area contributed by atoms with E-state index in [-0.39, 0.29) is 5.60 Å². The molecule has 1 aromatic rings. The van der Waals surface area contributed by atoms with E-state index in [1.165, 1.54) is 37.9 Å². The molecule has 1 saturated carbocycles. The molecule has 0 spiro atoms. The molecular weight excluding hydrogens is 284 g/mol. The molecular formula is C20H32N2O. The van der Waals surface area contributed by atoms with Gasteiger partial charge in [0, 0.05) is 13.1 Å². The summed E-state index contributed by atoms with van der Waals surface area (Å²) in [4.78, 5) is 5.04. The Morgan fingerprint density at radius 2 is 1.87 bits per heavy atom. The van der Waals surface area contributed by atoms with Gasteiger partial charge in [-0.25, -0.2) is 0 Å². The van der Waals surface area contributed by atoms with E-state index in [0.717, 1.165) is 44.9 Å². The fourth-order valence-corrected chi connectivity index (χ4v) is 3.71. The summed E-state index contributed by atoms with van der Waals surface area (Å²) in [5, 5.41) is 10.1. The number of likely N-dealkylation sites (tertiary alicyclic amines) is 1. The quantitative estimate of drug-likeness (QED) is 0.798. The maximum atomic E-state index is 10.1. The third kappa shape index (κ3) is 5.30. The Morgan fingerprint density at radius 1 is 1.17 bits per heavy atom. The van der Waals surface area contributed by atoms with Crippen LogP contribution in [0, 0.1) is 5.92 Å². The van der Waals surface area contributed by atoms with Crippen LogP contribution < -0.4 is 0 Å². The zero-order chi connectivity index (χ0) is 16.1. The van der Waals surface area contributed by atoms with Gasteiger partial charge in [-0.3, -0.25) is 4.90 Å². The molecule has 1 heterocycles. The predicted molar refractivity (Wildman–Crippen MR) is 95.4 cm³/mol. The van der Waals surface area contributed by atoms with Crippen molar-refractivity contribution >= 4 is 0 Å². The highest BCUT2D eigenvalue weighted by Gasteiger charge is 2.41. The van der Waals surface area contributed by atoms with Crippen LogP contribution in [0.1, 0.15) is 44.6 Å². The van der Waals surface area contributed by atoms with Crippen molar-refractivity contribution in [2.45, 2.75) is 51.2 Å². The minimum atomic E-state index is -0.338. The van der Waals surface area contributed by atoms with E-state index in [9.17, 15) is 5.11 Å². The van der Waals surface area contributed by atoms with E-state index in [1.54, 1.807) is 0 Å². The Morgan fingerprint density at radius 3 is 2.48 bits per heavy atom. The van der Waals surface area contributed by atoms with Crippen LogP contribution in [-0.2, 0) is 6.54 Å². The average molecular weight is 316 g/mol. The van der Waals surface area contributed by atoms with Gasteiger partial charge >= 0.3 is 0 Å². The van der Waals surface area contributed by atoms with Gasteiger partial charge in [0.25, 0.3) is 0 Å². The third-order valence-corrected chi connectivity index (χ3v) is 5.60. The van der Waals surface area contributed by atoms with Gasteiger partial charge in [0.05, 0.1) is 5.60 Å². The second kappa shape index (κ2) is 7.78. The Hall–Kier alpha value is -0.900. The first-order valence-electron chi connectivity index (χ1n) is 9.38. The molecule has 1 aliphatic heterocycles. The number of piperidine rings is 1. The van der Waals surface area contributed by atoms with Crippen LogP contribution in [0.3, 0.4) is 0 Å². The summed E-state index contributed by atoms with van der Waals surface area (Å²) >= 11 is 0. The lowest BCUT2D eigenvalue weighted by Crippen LogP contribution is -2.37. The normalized spacial score (nSPS) is 21.7. The number of hydrogen-bond acceptors (Lipinski definition) is 3. The third-order valence-electron chi connectivity index (χ3n) is 5.60. The number of likely N-dealkylation sites (N-methyl/N-ethyl adjacent to an activating group) is 1. The molecule has 1 saturated heterocycles. The molecule has 2 fully saturated rings. The van der Waals surface area contributed by atoms with Crippen LogP contribution >= 0.6 is 0 Å². The largest absolute Gasteiger partial charge is 0.389 e. The maximum absolute atomic E-state index is 10.1. The number of hydrogen-bond donors (Lipinski definition) is 1. The van der Waals surface area contributed by atoms with Crippen LogP contribution in [0.4, 0.5) is 0 Å². The van der Waals surface area contributed by atoms with Crippen LogP contribution in [-0.4, -0.2) is 53.2 Å². The minimum absolute atomic E-state index is 0.338. The number of nitrogens with zero attached hydrogens (tertiary/aromatic N) is 2. The second-order valence-electron chi connectivity index (χ2n) is 7.59. The standard InChI is InChI=1S/C20H32N2O/c1-2-21(17-20(23)11-12-20)13-8-18-9-14-22(15-10-18)16-19-6-4-3-5-7-19/h3-7,18,23H,2,8-17H2,1H3. The van der Waals surface area contributed by atoms with Gasteiger partial charge in [0.1, 0.15) is 0 Å². The van der Waals surface area contributed by atoms with Crippen LogP contribution in [0.2, 0.25) is 0 Å². The van der Waals surface area contributed by atoms with Crippen molar-refractivity contribution in [1.82, 2.24) is 9.80 Å². The van der Waals surface area contributed by atoms with Crippen LogP contribution in [0.25, 0.3) is 0 Å². The van der Waals surface area contributed by atoms with E-state index in [1.807, 2.05) is 0 Å². The van der Waals surface area contributed by atoms with Gasteiger partial charge in [-0.05, 0) is 69.8 Å². The van der Waals surface area contributed by atoms with Crippen LogP contribution in [0.5, 0.6) is 0 Å². The Balaban J connectivity index is 1.35. The topological polar surface area (TPSA) is 26.7 Å². The van der Waals surface area contributed by atoms with Crippen molar-refractivity contribution < 1.29 is 5.11 Å². The molecule has 0 amide bonds. The van der Waals surface area contributed by atoms with E-state index >= 15 is 0 Å². The second-order valence-corrected chi connectivity index (χ2v) is 7.59. The van der Waals surface area contributed by atoms with Gasteiger partial charge < -0.3 is 10.0 Å². The number of benzene rings is 1. The van der Waals surface area contributed by atoms with E-state index in [2.05, 4.69) is 47.1 Å². The molecule has 3 rings (SSSR count). The summed E-state index contributed by atoms with van der Waals surface area (Å²) in [5.74, 6) is 0.866. The smallest absolute Gasteiger partial charge is 0.0776 e. The van der Waals surface area contributed by atoms with Gasteiger partial charge in [-0.15, -0.1) is 0 Å². The van der Waals surface area contributed by atoms with Gasteiger partial charge in [-0.2, -0.15) is 0 Å². The zero-order valence-corrected chi connectivity index (χ0v) is 14.6. The summed E-state index contributed by atoms with van der Waals surface area (Å²) in [6, 6.07) is 10.8. The van der Waals surface area contributed by atoms with Gasteiger partial charge in [0.15, 0.2) is 0 Å². The van der Waals surface area contributed by atoms with Crippen molar-refractivity contribution in [3.05, 3.63) is 35.9 Å². The first-order valence-corrected chi connectivity index (χ1v) is 9.38. The summed E-state index contributed by atoms with van der Waals surface area (Å²) in [6.07, 6.45) is 5.95. The highest BCUT2D eigenvalue weighted by atomic mass is 16.3. The van der Waals surface area contributed by atoms with Crippen molar-refractivity contribution in [2.24, 2.45) is 5.92 Å². The van der Waals surface area contributed by atoms with Crippen LogP contribution in [0.15, 0.2) is 30.3 Å². The molecule has 3 heteroatoms. The SMILES string of the molecule is CCN(CCC1CCN(Cc2ccccc2)CC1)CC1(O)CC1. The van der Waals surface area contributed by atoms with E-state index in [4.69, 9.17) is 0 Å². The molecule has 0 radical (unpaired) electrons. The monoisotopic (exact) mass is 316 g/mol. The molecule has 0 unspecified atom stereocenters. The van der Waals surface area contributed by atoms with Crippen molar-refractivity contribution in [3.63, 3.8) is 0 Å². The zero-order valence-electron chi connectivity index (χ0n) is 14.6. The Labute approximate surface area is 141 Å². The highest BCUT2D eigenvalue weighted by molar-refractivity contribution is 5.14. The molecule has 0 aromatic heterocycles. The van der Waals surface area contributed by atoms with Gasteiger partial charge in [0.2, 0.25) is 0 Å². The molecule has 23 heavy (non-hydrogen) atoms. The molecule has 1 aromatic carbocycles. The Kier molecular flexibility index (Phi) is 5.73. The molecule has 1 N–H and O–H groups in total. The lowest BCUT2D eigenvalue weighted by molar-refractivity contribution is 0.0870. The number of rotatable bonds is 8. The van der Waals surface area contributed by atoms with Crippen molar-refractivity contribution in [2.75, 3.05) is 32.7 Å².